The first-order valence-corrected chi connectivity index (χ1v) is 12.2. The van der Waals surface area contributed by atoms with E-state index in [1.54, 1.807) is 18.2 Å². The van der Waals surface area contributed by atoms with Gasteiger partial charge in [0.05, 0.1) is 12.4 Å². The third-order valence-corrected chi connectivity index (χ3v) is 10.00. The number of esters is 1. The molecule has 1 aromatic heterocycles. The third kappa shape index (κ3) is 2.47. The summed E-state index contributed by atoms with van der Waals surface area (Å²) in [6.45, 7) is 5.59. The Kier molecular flexibility index (Phi) is 4.39. The van der Waals surface area contributed by atoms with E-state index in [2.05, 4.69) is 6.92 Å². The lowest BCUT2D eigenvalue weighted by Crippen LogP contribution is -2.62. The first kappa shape index (κ1) is 22.0. The van der Waals surface area contributed by atoms with Gasteiger partial charge in [-0.05, 0) is 74.6 Å². The monoisotopic (exact) mass is 466 g/mol. The van der Waals surface area contributed by atoms with E-state index in [4.69, 9.17) is 13.9 Å². The third-order valence-electron chi connectivity index (χ3n) is 10.00. The molecule has 1 spiro atoms. The minimum absolute atomic E-state index is 0.0236. The molecule has 0 radical (unpaired) electrons. The minimum atomic E-state index is -1.62. The van der Waals surface area contributed by atoms with Gasteiger partial charge in [-0.3, -0.25) is 9.59 Å². The lowest BCUT2D eigenvalue weighted by atomic mass is 9.46. The van der Waals surface area contributed by atoms with Crippen LogP contribution in [0.3, 0.4) is 0 Å². The fourth-order valence-corrected chi connectivity index (χ4v) is 8.28. The van der Waals surface area contributed by atoms with E-state index in [1.165, 1.54) is 12.3 Å². The molecule has 2 heterocycles. The maximum atomic E-state index is 13.5. The molecular formula is C27H30O7. The van der Waals surface area contributed by atoms with Crippen molar-refractivity contribution in [1.82, 2.24) is 0 Å². The van der Waals surface area contributed by atoms with Crippen LogP contribution < -0.4 is 0 Å². The van der Waals surface area contributed by atoms with E-state index in [9.17, 15) is 19.5 Å². The maximum absolute atomic E-state index is 13.5. The number of carbonyl (C=O) groups is 3. The lowest BCUT2D eigenvalue weighted by molar-refractivity contribution is -0.166. The number of furan rings is 1. The lowest BCUT2D eigenvalue weighted by Gasteiger charge is -2.55. The molecule has 6 rings (SSSR count). The standard InChI is InChI=1S/C27H30O7/c1-15-11-19-18-7-6-16-12-17(28)8-9-24(16,2)27(18)22(34-27)13-25(19,3)26(15,31)21(29)14-33-23(30)20-5-4-10-32-20/h4-5,8-10,12,15,18-19,22,31H,6-7,11,13-14H2,1-3H3/t15-,18?,19+,22+,24+,25+,26+,27-/m1/s1. The molecule has 0 amide bonds. The van der Waals surface area contributed by atoms with Crippen molar-refractivity contribution in [3.8, 4) is 0 Å². The van der Waals surface area contributed by atoms with Crippen molar-refractivity contribution in [3.63, 3.8) is 0 Å². The largest absolute Gasteiger partial charge is 0.457 e. The Bertz CT molecular complexity index is 1150. The Hall–Kier alpha value is -2.51. The highest BCUT2D eigenvalue weighted by Crippen LogP contribution is 2.76. The van der Waals surface area contributed by atoms with Crippen LogP contribution in [-0.2, 0) is 19.1 Å². The molecule has 34 heavy (non-hydrogen) atoms. The first-order valence-electron chi connectivity index (χ1n) is 12.2. The molecular weight excluding hydrogens is 436 g/mol. The normalized spacial score (nSPS) is 46.0. The predicted octanol–water partition coefficient (Wildman–Crippen LogP) is 3.42. The molecule has 8 atom stereocenters. The van der Waals surface area contributed by atoms with Gasteiger partial charge in [-0.15, -0.1) is 0 Å². The van der Waals surface area contributed by atoms with Crippen LogP contribution in [0.4, 0.5) is 0 Å². The van der Waals surface area contributed by atoms with Gasteiger partial charge in [0.15, 0.2) is 12.4 Å². The Morgan fingerprint density at radius 2 is 2.06 bits per heavy atom. The zero-order chi connectivity index (χ0) is 24.1. The molecule has 7 heteroatoms. The molecule has 5 aliphatic rings. The van der Waals surface area contributed by atoms with Gasteiger partial charge in [-0.25, -0.2) is 4.79 Å². The highest BCUT2D eigenvalue weighted by molar-refractivity contribution is 6.01. The summed E-state index contributed by atoms with van der Waals surface area (Å²) in [5.41, 5.74) is -1.92. The van der Waals surface area contributed by atoms with Crippen molar-refractivity contribution in [2.24, 2.45) is 28.6 Å². The Morgan fingerprint density at radius 3 is 2.79 bits per heavy atom. The minimum Gasteiger partial charge on any atom is -0.457 e. The zero-order valence-electron chi connectivity index (χ0n) is 19.7. The van der Waals surface area contributed by atoms with Crippen molar-refractivity contribution in [2.45, 2.75) is 63.8 Å². The zero-order valence-corrected chi connectivity index (χ0v) is 19.7. The van der Waals surface area contributed by atoms with Gasteiger partial charge in [-0.2, -0.15) is 0 Å². The summed E-state index contributed by atoms with van der Waals surface area (Å²) >= 11 is 0. The van der Waals surface area contributed by atoms with Crippen LogP contribution in [0, 0.1) is 28.6 Å². The molecule has 180 valence electrons. The van der Waals surface area contributed by atoms with E-state index in [0.717, 1.165) is 18.4 Å². The maximum Gasteiger partial charge on any atom is 0.374 e. The Morgan fingerprint density at radius 1 is 1.26 bits per heavy atom. The summed E-state index contributed by atoms with van der Waals surface area (Å²) in [7, 11) is 0. The van der Waals surface area contributed by atoms with E-state index in [1.807, 2.05) is 19.9 Å². The number of hydrogen-bond donors (Lipinski definition) is 1. The second kappa shape index (κ2) is 6.79. The summed E-state index contributed by atoms with van der Waals surface area (Å²) in [6, 6.07) is 3.05. The number of epoxide rings is 1. The molecule has 4 aliphatic carbocycles. The number of allylic oxidation sites excluding steroid dienone is 2. The number of hydrogen-bond acceptors (Lipinski definition) is 7. The van der Waals surface area contributed by atoms with Crippen LogP contribution in [-0.4, -0.2) is 46.6 Å². The van der Waals surface area contributed by atoms with E-state index in [0.29, 0.717) is 12.8 Å². The van der Waals surface area contributed by atoms with Crippen LogP contribution in [0.15, 0.2) is 46.6 Å². The number of aliphatic hydroxyl groups is 1. The summed E-state index contributed by atoms with van der Waals surface area (Å²) in [4.78, 5) is 37.7. The molecule has 1 saturated heterocycles. The van der Waals surface area contributed by atoms with Crippen LogP contribution in [0.5, 0.6) is 0 Å². The molecule has 1 unspecified atom stereocenters. The first-order chi connectivity index (χ1) is 16.1. The molecule has 3 saturated carbocycles. The Balaban J connectivity index is 1.29. The van der Waals surface area contributed by atoms with Gasteiger partial charge in [0.25, 0.3) is 0 Å². The van der Waals surface area contributed by atoms with Crippen molar-refractivity contribution >= 4 is 17.5 Å². The SMILES string of the molecule is C[C@@H]1C[C@H]2C3CCC4=CC(=O)C=C[C@]4(C)[C@@]34O[C@H]4C[C@]2(C)[C@@]1(O)C(=O)COC(=O)c1ccco1. The molecule has 4 fully saturated rings. The molecule has 7 nitrogen and oxygen atoms in total. The van der Waals surface area contributed by atoms with Crippen molar-refractivity contribution in [1.29, 1.82) is 0 Å². The topological polar surface area (TPSA) is 106 Å². The van der Waals surface area contributed by atoms with Gasteiger partial charge in [-0.1, -0.05) is 25.5 Å². The number of Topliss-reactive ketones (excluding diaryl/α,β-unsaturated/α-hetero) is 1. The average Bonchev–Trinajstić information content (AvgIpc) is 3.18. The molecule has 1 aromatic rings. The van der Waals surface area contributed by atoms with Crippen molar-refractivity contribution < 1.29 is 33.4 Å². The highest BCUT2D eigenvalue weighted by atomic mass is 16.6. The molecule has 0 aromatic carbocycles. The number of ether oxygens (including phenoxy) is 2. The van der Waals surface area contributed by atoms with Crippen LogP contribution in [0.2, 0.25) is 0 Å². The van der Waals surface area contributed by atoms with Crippen LogP contribution in [0.1, 0.15) is 57.0 Å². The Labute approximate surface area is 198 Å². The summed E-state index contributed by atoms with van der Waals surface area (Å²) < 4.78 is 16.8. The summed E-state index contributed by atoms with van der Waals surface area (Å²) in [5.74, 6) is -1.16. The number of rotatable bonds is 4. The van der Waals surface area contributed by atoms with Crippen molar-refractivity contribution in [2.75, 3.05) is 6.61 Å². The molecule has 1 aliphatic heterocycles. The molecule has 1 N–H and O–H groups in total. The summed E-state index contributed by atoms with van der Waals surface area (Å²) in [5, 5.41) is 12.0. The van der Waals surface area contributed by atoms with E-state index in [-0.39, 0.29) is 40.8 Å². The number of fused-ring (bicyclic) bond motifs is 3. The number of carbonyl (C=O) groups excluding carboxylic acids is 3. The van der Waals surface area contributed by atoms with Gasteiger partial charge in [0.1, 0.15) is 11.2 Å². The van der Waals surface area contributed by atoms with E-state index < -0.39 is 35.0 Å². The second-order valence-corrected chi connectivity index (χ2v) is 11.3. The van der Waals surface area contributed by atoms with Crippen LogP contribution >= 0.6 is 0 Å². The quantitative estimate of drug-likeness (QED) is 0.535. The molecule has 0 bridgehead atoms. The van der Waals surface area contributed by atoms with Crippen LogP contribution in [0.25, 0.3) is 0 Å². The average molecular weight is 467 g/mol. The van der Waals surface area contributed by atoms with Gasteiger partial charge < -0.3 is 19.0 Å². The van der Waals surface area contributed by atoms with Crippen molar-refractivity contribution in [3.05, 3.63) is 48.0 Å². The predicted molar refractivity (Wildman–Crippen MR) is 120 cm³/mol. The fraction of sp³-hybridized carbons (Fsp3) is 0.593. The van der Waals surface area contributed by atoms with E-state index >= 15 is 0 Å². The summed E-state index contributed by atoms with van der Waals surface area (Å²) in [6.07, 6.45) is 9.63. The fourth-order valence-electron chi connectivity index (χ4n) is 8.28. The smallest absolute Gasteiger partial charge is 0.374 e. The van der Waals surface area contributed by atoms with Gasteiger partial charge in [0, 0.05) is 10.8 Å². The number of ketones is 2. The van der Waals surface area contributed by atoms with Gasteiger partial charge in [0.2, 0.25) is 11.5 Å². The highest BCUT2D eigenvalue weighted by Gasteiger charge is 2.82. The second-order valence-electron chi connectivity index (χ2n) is 11.3. The van der Waals surface area contributed by atoms with Gasteiger partial charge >= 0.3 is 5.97 Å².